The van der Waals surface area contributed by atoms with E-state index in [2.05, 4.69) is 61.5 Å². The molecule has 0 N–H and O–H groups in total. The molecule has 18 heavy (non-hydrogen) atoms. The van der Waals surface area contributed by atoms with Crippen LogP contribution in [0.15, 0.2) is 54.6 Å². The minimum absolute atomic E-state index is 0.750. The Hall–Kier alpha value is -1.82. The first-order chi connectivity index (χ1) is 8.90. The third kappa shape index (κ3) is 1.26. The summed E-state index contributed by atoms with van der Waals surface area (Å²) in [5.74, 6) is 1.50. The predicted octanol–water partition coefficient (Wildman–Crippen LogP) is 4.72. The summed E-state index contributed by atoms with van der Waals surface area (Å²) in [5.41, 5.74) is 7.39. The van der Waals surface area contributed by atoms with Gasteiger partial charge in [0.15, 0.2) is 0 Å². The molecule has 0 bridgehead atoms. The minimum Gasteiger partial charge on any atom is -0.0792 e. The van der Waals surface area contributed by atoms with Gasteiger partial charge in [-0.2, -0.15) is 0 Å². The van der Waals surface area contributed by atoms with Crippen LogP contribution in [0.4, 0.5) is 0 Å². The van der Waals surface area contributed by atoms with E-state index in [1.54, 1.807) is 11.1 Å². The number of benzene rings is 2. The summed E-state index contributed by atoms with van der Waals surface area (Å²) in [6, 6.07) is 17.9. The molecule has 4 rings (SSSR count). The standard InChI is InChI=1S/C18H16/c1-2-12-13-7-3-5-9-15(13)17-11-18(17)16-10-6-4-8-14(12)16/h2-10,17-18H,11H2,1H3. The van der Waals surface area contributed by atoms with Gasteiger partial charge in [0, 0.05) is 0 Å². The molecule has 2 aromatic carbocycles. The molecule has 0 amide bonds. The molecular formula is C18H16. The average Bonchev–Trinajstić information content (AvgIpc) is 3.20. The monoisotopic (exact) mass is 232 g/mol. The van der Waals surface area contributed by atoms with Crippen LogP contribution in [0.2, 0.25) is 0 Å². The maximum absolute atomic E-state index is 2.31. The number of fused-ring (bicyclic) bond motifs is 5. The molecular weight excluding hydrogens is 216 g/mol. The zero-order valence-electron chi connectivity index (χ0n) is 10.6. The normalized spacial score (nSPS) is 23.5. The SMILES string of the molecule is CC=C1c2ccccc2C2CC2c2ccccc21. The van der Waals surface area contributed by atoms with Gasteiger partial charge in [-0.3, -0.25) is 0 Å². The fourth-order valence-corrected chi connectivity index (χ4v) is 3.47. The van der Waals surface area contributed by atoms with Crippen molar-refractivity contribution in [3.63, 3.8) is 0 Å². The summed E-state index contributed by atoms with van der Waals surface area (Å²) < 4.78 is 0. The maximum atomic E-state index is 2.31. The molecule has 0 nitrogen and oxygen atoms in total. The fourth-order valence-electron chi connectivity index (χ4n) is 3.47. The molecule has 0 spiro atoms. The van der Waals surface area contributed by atoms with Crippen molar-refractivity contribution in [3.8, 4) is 0 Å². The van der Waals surface area contributed by atoms with Crippen LogP contribution >= 0.6 is 0 Å². The molecule has 1 saturated carbocycles. The third-order valence-electron chi connectivity index (χ3n) is 4.38. The van der Waals surface area contributed by atoms with E-state index < -0.39 is 0 Å². The second kappa shape index (κ2) is 3.58. The molecule has 0 radical (unpaired) electrons. The van der Waals surface area contributed by atoms with E-state index in [9.17, 15) is 0 Å². The van der Waals surface area contributed by atoms with Gasteiger partial charge in [0.2, 0.25) is 0 Å². The highest BCUT2D eigenvalue weighted by Crippen LogP contribution is 2.59. The van der Waals surface area contributed by atoms with Crippen molar-refractivity contribution < 1.29 is 0 Å². The van der Waals surface area contributed by atoms with E-state index in [1.165, 1.54) is 23.1 Å². The van der Waals surface area contributed by atoms with Crippen molar-refractivity contribution in [1.29, 1.82) is 0 Å². The van der Waals surface area contributed by atoms with Crippen LogP contribution < -0.4 is 0 Å². The van der Waals surface area contributed by atoms with E-state index >= 15 is 0 Å². The van der Waals surface area contributed by atoms with E-state index in [0.717, 1.165) is 11.8 Å². The van der Waals surface area contributed by atoms with Gasteiger partial charge in [-0.05, 0) is 53.0 Å². The van der Waals surface area contributed by atoms with Crippen molar-refractivity contribution in [3.05, 3.63) is 76.9 Å². The van der Waals surface area contributed by atoms with Gasteiger partial charge in [-0.25, -0.2) is 0 Å². The number of hydrogen-bond acceptors (Lipinski definition) is 0. The Morgan fingerprint density at radius 1 is 0.833 bits per heavy atom. The first-order valence-electron chi connectivity index (χ1n) is 6.75. The van der Waals surface area contributed by atoms with Crippen molar-refractivity contribution in [2.45, 2.75) is 25.2 Å². The van der Waals surface area contributed by atoms with Gasteiger partial charge in [0.05, 0.1) is 0 Å². The molecule has 0 aliphatic heterocycles. The second-order valence-corrected chi connectivity index (χ2v) is 5.33. The molecule has 0 saturated heterocycles. The van der Waals surface area contributed by atoms with Gasteiger partial charge in [-0.1, -0.05) is 54.6 Å². The third-order valence-corrected chi connectivity index (χ3v) is 4.38. The molecule has 2 aromatic rings. The van der Waals surface area contributed by atoms with Crippen LogP contribution in [0.3, 0.4) is 0 Å². The Balaban J connectivity index is 2.05. The topological polar surface area (TPSA) is 0 Å². The summed E-state index contributed by atoms with van der Waals surface area (Å²) in [6.07, 6.45) is 3.59. The summed E-state index contributed by atoms with van der Waals surface area (Å²) in [6.45, 7) is 2.15. The van der Waals surface area contributed by atoms with Crippen LogP contribution in [-0.4, -0.2) is 0 Å². The first kappa shape index (κ1) is 10.1. The number of allylic oxidation sites excluding steroid dienone is 1. The van der Waals surface area contributed by atoms with Gasteiger partial charge in [0.25, 0.3) is 0 Å². The maximum Gasteiger partial charge on any atom is -0.00805 e. The van der Waals surface area contributed by atoms with Gasteiger partial charge in [0.1, 0.15) is 0 Å². The molecule has 2 aliphatic carbocycles. The molecule has 88 valence electrons. The Labute approximate surface area is 108 Å². The lowest BCUT2D eigenvalue weighted by atomic mass is 9.92. The van der Waals surface area contributed by atoms with Crippen molar-refractivity contribution >= 4 is 5.57 Å². The highest BCUT2D eigenvalue weighted by Gasteiger charge is 2.44. The van der Waals surface area contributed by atoms with E-state index in [0.29, 0.717) is 0 Å². The number of hydrogen-bond donors (Lipinski definition) is 0. The molecule has 1 fully saturated rings. The molecule has 2 atom stereocenters. The largest absolute Gasteiger partial charge is 0.0792 e. The lowest BCUT2D eigenvalue weighted by Gasteiger charge is -2.12. The van der Waals surface area contributed by atoms with Crippen molar-refractivity contribution in [2.75, 3.05) is 0 Å². The van der Waals surface area contributed by atoms with Crippen LogP contribution in [-0.2, 0) is 0 Å². The zero-order chi connectivity index (χ0) is 12.1. The smallest absolute Gasteiger partial charge is 0.00805 e. The summed E-state index contributed by atoms with van der Waals surface area (Å²) in [4.78, 5) is 0. The van der Waals surface area contributed by atoms with Crippen LogP contribution in [0.5, 0.6) is 0 Å². The number of rotatable bonds is 0. The highest BCUT2D eigenvalue weighted by molar-refractivity contribution is 5.85. The van der Waals surface area contributed by atoms with Gasteiger partial charge < -0.3 is 0 Å². The highest BCUT2D eigenvalue weighted by atomic mass is 14.5. The molecule has 0 heteroatoms. The quantitative estimate of drug-likeness (QED) is 0.616. The molecule has 0 heterocycles. The van der Waals surface area contributed by atoms with Crippen molar-refractivity contribution in [2.24, 2.45) is 0 Å². The Morgan fingerprint density at radius 3 is 1.83 bits per heavy atom. The Morgan fingerprint density at radius 2 is 1.33 bits per heavy atom. The predicted molar refractivity (Wildman–Crippen MR) is 75.7 cm³/mol. The van der Waals surface area contributed by atoms with Crippen LogP contribution in [0.25, 0.3) is 5.57 Å². The first-order valence-corrected chi connectivity index (χ1v) is 6.75. The minimum atomic E-state index is 0.750. The van der Waals surface area contributed by atoms with Crippen LogP contribution in [0.1, 0.15) is 47.4 Å². The van der Waals surface area contributed by atoms with E-state index in [1.807, 2.05) is 0 Å². The van der Waals surface area contributed by atoms with Gasteiger partial charge >= 0.3 is 0 Å². The van der Waals surface area contributed by atoms with E-state index in [4.69, 9.17) is 0 Å². The zero-order valence-corrected chi connectivity index (χ0v) is 10.6. The summed E-state index contributed by atoms with van der Waals surface area (Å²) in [5, 5.41) is 0. The van der Waals surface area contributed by atoms with Gasteiger partial charge in [-0.15, -0.1) is 0 Å². The Kier molecular flexibility index (Phi) is 2.02. The van der Waals surface area contributed by atoms with Crippen LogP contribution in [0, 0.1) is 0 Å². The lowest BCUT2D eigenvalue weighted by Crippen LogP contribution is -1.93. The second-order valence-electron chi connectivity index (χ2n) is 5.33. The summed E-state index contributed by atoms with van der Waals surface area (Å²) in [7, 11) is 0. The molecule has 2 unspecified atom stereocenters. The van der Waals surface area contributed by atoms with Crippen molar-refractivity contribution in [1.82, 2.24) is 0 Å². The summed E-state index contributed by atoms with van der Waals surface area (Å²) >= 11 is 0. The lowest BCUT2D eigenvalue weighted by molar-refractivity contribution is 1.03. The average molecular weight is 232 g/mol. The molecule has 2 aliphatic rings. The Bertz CT molecular complexity index is 595. The van der Waals surface area contributed by atoms with E-state index in [-0.39, 0.29) is 0 Å². The molecule has 0 aromatic heterocycles. The fraction of sp³-hybridized carbons (Fsp3) is 0.222.